The van der Waals surface area contributed by atoms with Crippen LogP contribution in [0.1, 0.15) is 12.8 Å². The molecule has 20 heavy (non-hydrogen) atoms. The molecule has 0 aromatic heterocycles. The molecule has 1 fully saturated rings. The van der Waals surface area contributed by atoms with Crippen LogP contribution in [0.2, 0.25) is 0 Å². The lowest BCUT2D eigenvalue weighted by molar-refractivity contribution is -0.164. The second kappa shape index (κ2) is 6.10. The Morgan fingerprint density at radius 1 is 1.30 bits per heavy atom. The van der Waals surface area contributed by atoms with Crippen LogP contribution in [0, 0.1) is 11.8 Å². The summed E-state index contributed by atoms with van der Waals surface area (Å²) in [5.41, 5.74) is 0. The normalized spacial score (nSPS) is 21.2. The minimum Gasteiger partial charge on any atom is -0.481 e. The number of aliphatic carboxylic acids is 1. The molecule has 1 aliphatic carbocycles. The van der Waals surface area contributed by atoms with Crippen molar-refractivity contribution < 1.29 is 37.4 Å². The number of carbonyl (C=O) groups excluding carboxylic acids is 2. The minimum atomic E-state index is -4.61. The molecule has 9 heteroatoms. The molecule has 1 aliphatic rings. The average Bonchev–Trinajstić information content (AvgIpc) is 3.11. The van der Waals surface area contributed by atoms with Gasteiger partial charge in [-0.15, -0.1) is 0 Å². The number of methoxy groups -OCH3 is 1. The molecule has 1 amide bonds. The summed E-state index contributed by atoms with van der Waals surface area (Å²) < 4.78 is 41.5. The number of amides is 1. The van der Waals surface area contributed by atoms with E-state index in [2.05, 4.69) is 4.74 Å². The van der Waals surface area contributed by atoms with Crippen LogP contribution in [0.5, 0.6) is 0 Å². The van der Waals surface area contributed by atoms with E-state index in [0.717, 1.165) is 7.11 Å². The van der Waals surface area contributed by atoms with E-state index in [1.807, 2.05) is 0 Å². The van der Waals surface area contributed by atoms with Crippen molar-refractivity contribution in [1.82, 2.24) is 4.90 Å². The number of esters is 1. The lowest BCUT2D eigenvalue weighted by Gasteiger charge is -2.23. The van der Waals surface area contributed by atoms with Crippen molar-refractivity contribution in [2.24, 2.45) is 11.8 Å². The van der Waals surface area contributed by atoms with Gasteiger partial charge >= 0.3 is 18.1 Å². The number of nitrogens with zero attached hydrogens (tertiary/aromatic N) is 1. The van der Waals surface area contributed by atoms with Crippen molar-refractivity contribution in [1.29, 1.82) is 0 Å². The predicted molar refractivity (Wildman–Crippen MR) is 58.5 cm³/mol. The summed E-state index contributed by atoms with van der Waals surface area (Å²) in [5.74, 6) is -4.71. The monoisotopic (exact) mass is 297 g/mol. The molecular formula is C11H14F3NO5. The second-order valence-electron chi connectivity index (χ2n) is 4.49. The first kappa shape index (κ1) is 16.3. The molecule has 1 saturated carbocycles. The Morgan fingerprint density at radius 3 is 2.30 bits per heavy atom. The van der Waals surface area contributed by atoms with E-state index in [4.69, 9.17) is 5.11 Å². The van der Waals surface area contributed by atoms with Crippen molar-refractivity contribution in [3.05, 3.63) is 0 Å². The maximum atomic E-state index is 12.4. The lowest BCUT2D eigenvalue weighted by Crippen LogP contribution is -2.41. The van der Waals surface area contributed by atoms with Gasteiger partial charge in [0.15, 0.2) is 0 Å². The molecule has 0 saturated heterocycles. The minimum absolute atomic E-state index is 0.0285. The third kappa shape index (κ3) is 4.71. The maximum Gasteiger partial charge on any atom is 0.406 e. The predicted octanol–water partition coefficient (Wildman–Crippen LogP) is 0.661. The highest BCUT2D eigenvalue weighted by Gasteiger charge is 2.50. The van der Waals surface area contributed by atoms with Crippen LogP contribution in [0.25, 0.3) is 0 Å². The van der Waals surface area contributed by atoms with E-state index in [1.54, 1.807) is 0 Å². The Labute approximate surface area is 112 Å². The van der Waals surface area contributed by atoms with Gasteiger partial charge in [-0.1, -0.05) is 0 Å². The molecule has 0 radical (unpaired) electrons. The first-order valence-corrected chi connectivity index (χ1v) is 5.81. The van der Waals surface area contributed by atoms with E-state index >= 15 is 0 Å². The molecule has 0 heterocycles. The zero-order valence-corrected chi connectivity index (χ0v) is 10.6. The highest BCUT2D eigenvalue weighted by Crippen LogP contribution is 2.40. The van der Waals surface area contributed by atoms with Crippen LogP contribution in [-0.2, 0) is 19.1 Å². The maximum absolute atomic E-state index is 12.4. The summed E-state index contributed by atoms with van der Waals surface area (Å²) >= 11 is 0. The number of carbonyl (C=O) groups is 3. The quantitative estimate of drug-likeness (QED) is 0.728. The van der Waals surface area contributed by atoms with Gasteiger partial charge < -0.3 is 14.7 Å². The van der Waals surface area contributed by atoms with Crippen LogP contribution < -0.4 is 0 Å². The molecular weight excluding hydrogens is 283 g/mol. The van der Waals surface area contributed by atoms with Crippen molar-refractivity contribution in [3.63, 3.8) is 0 Å². The van der Waals surface area contributed by atoms with Crippen LogP contribution in [0.4, 0.5) is 13.2 Å². The van der Waals surface area contributed by atoms with Crippen molar-refractivity contribution in [2.75, 3.05) is 20.2 Å². The standard InChI is InChI=1S/C11H14F3NO5/c1-20-8(16)2-3-15(5-11(12,13)14)9(17)6-4-7(6)10(18)19/h6-7H,2-5H2,1H3,(H,18,19)/t6-,7+/m1/s1. The van der Waals surface area contributed by atoms with Crippen molar-refractivity contribution >= 4 is 17.8 Å². The number of alkyl halides is 3. The number of carboxylic acids is 1. The van der Waals surface area contributed by atoms with Gasteiger partial charge in [-0.2, -0.15) is 13.2 Å². The zero-order valence-electron chi connectivity index (χ0n) is 10.6. The second-order valence-corrected chi connectivity index (χ2v) is 4.49. The number of carboxylic acid groups (broad SMARTS) is 1. The fourth-order valence-electron chi connectivity index (χ4n) is 1.79. The highest BCUT2D eigenvalue weighted by atomic mass is 19.4. The molecule has 0 aromatic carbocycles. The Bertz CT molecular complexity index is 409. The Kier molecular flexibility index (Phi) is 4.96. The van der Waals surface area contributed by atoms with Gasteiger partial charge in [0.05, 0.1) is 25.4 Å². The number of hydrogen-bond donors (Lipinski definition) is 1. The average molecular weight is 297 g/mol. The topological polar surface area (TPSA) is 83.9 Å². The molecule has 1 N–H and O–H groups in total. The first-order chi connectivity index (χ1) is 9.15. The third-order valence-corrected chi connectivity index (χ3v) is 2.92. The van der Waals surface area contributed by atoms with E-state index in [1.165, 1.54) is 0 Å². The fraction of sp³-hybridized carbons (Fsp3) is 0.727. The molecule has 0 aliphatic heterocycles. The van der Waals surface area contributed by atoms with Gasteiger partial charge in [-0.3, -0.25) is 14.4 Å². The van der Waals surface area contributed by atoms with E-state index in [9.17, 15) is 27.6 Å². The smallest absolute Gasteiger partial charge is 0.406 e. The number of ether oxygens (including phenoxy) is 1. The fourth-order valence-corrected chi connectivity index (χ4v) is 1.79. The Balaban J connectivity index is 2.65. The summed E-state index contributed by atoms with van der Waals surface area (Å²) in [6.45, 7) is -1.96. The van der Waals surface area contributed by atoms with Gasteiger partial charge in [-0.05, 0) is 6.42 Å². The van der Waals surface area contributed by atoms with Crippen molar-refractivity contribution in [3.8, 4) is 0 Å². The molecule has 0 spiro atoms. The van der Waals surface area contributed by atoms with Gasteiger partial charge in [0, 0.05) is 6.54 Å². The summed E-state index contributed by atoms with van der Waals surface area (Å²) in [4.78, 5) is 33.8. The number of halogens is 3. The molecule has 0 aromatic rings. The molecule has 114 valence electrons. The van der Waals surface area contributed by atoms with Crippen LogP contribution in [0.15, 0.2) is 0 Å². The summed E-state index contributed by atoms with van der Waals surface area (Å²) in [5, 5.41) is 8.68. The largest absolute Gasteiger partial charge is 0.481 e. The Hall–Kier alpha value is -1.80. The molecule has 2 atom stereocenters. The van der Waals surface area contributed by atoms with Crippen LogP contribution in [-0.4, -0.2) is 54.2 Å². The van der Waals surface area contributed by atoms with Crippen molar-refractivity contribution in [2.45, 2.75) is 19.0 Å². The summed E-state index contributed by atoms with van der Waals surface area (Å²) in [6, 6.07) is 0. The molecule has 0 bridgehead atoms. The van der Waals surface area contributed by atoms with Gasteiger partial charge in [0.1, 0.15) is 6.54 Å². The van der Waals surface area contributed by atoms with Crippen LogP contribution in [0.3, 0.4) is 0 Å². The molecule has 1 rings (SSSR count). The number of hydrogen-bond acceptors (Lipinski definition) is 4. The van der Waals surface area contributed by atoms with Crippen LogP contribution >= 0.6 is 0 Å². The SMILES string of the molecule is COC(=O)CCN(CC(F)(F)F)C(=O)[C@@H]1C[C@@H]1C(=O)O. The molecule has 6 nitrogen and oxygen atoms in total. The highest BCUT2D eigenvalue weighted by molar-refractivity contribution is 5.89. The summed E-state index contributed by atoms with van der Waals surface area (Å²) in [7, 11) is 1.08. The first-order valence-electron chi connectivity index (χ1n) is 5.81. The van der Waals surface area contributed by atoms with E-state index < -0.39 is 48.9 Å². The van der Waals surface area contributed by atoms with E-state index in [-0.39, 0.29) is 12.8 Å². The van der Waals surface area contributed by atoms with E-state index in [0.29, 0.717) is 4.90 Å². The molecule has 0 unspecified atom stereocenters. The zero-order chi connectivity index (χ0) is 15.5. The Morgan fingerprint density at radius 2 is 1.90 bits per heavy atom. The summed E-state index contributed by atoms with van der Waals surface area (Å²) in [6.07, 6.45) is -4.96. The lowest BCUT2D eigenvalue weighted by atomic mass is 10.2. The third-order valence-electron chi connectivity index (χ3n) is 2.92. The number of rotatable bonds is 6. The van der Waals surface area contributed by atoms with Gasteiger partial charge in [0.25, 0.3) is 0 Å². The van der Waals surface area contributed by atoms with Gasteiger partial charge in [0.2, 0.25) is 5.91 Å². The van der Waals surface area contributed by atoms with Gasteiger partial charge in [-0.25, -0.2) is 0 Å².